The van der Waals surface area contributed by atoms with Crippen LogP contribution in [0.15, 0.2) is 5.38 Å². The fourth-order valence-corrected chi connectivity index (χ4v) is 3.61. The molecule has 6 heteroatoms. The molecule has 4 nitrogen and oxygen atoms in total. The Morgan fingerprint density at radius 1 is 1.58 bits per heavy atom. The molecule has 1 aromatic heterocycles. The zero-order valence-corrected chi connectivity index (χ0v) is 12.6. The highest BCUT2D eigenvalue weighted by atomic mass is 35.5. The summed E-state index contributed by atoms with van der Waals surface area (Å²) in [7, 11) is 0. The molecule has 106 valence electrons. The van der Waals surface area contributed by atoms with E-state index in [0.717, 1.165) is 55.9 Å². The number of carbonyl (C=O) groups is 1. The lowest BCUT2D eigenvalue weighted by atomic mass is 10.0. The molecule has 2 N–H and O–H groups in total. The minimum absolute atomic E-state index is 0.0663. The van der Waals surface area contributed by atoms with E-state index < -0.39 is 0 Å². The highest BCUT2D eigenvalue weighted by Crippen LogP contribution is 2.18. The first kappa shape index (κ1) is 14.8. The molecule has 1 atom stereocenters. The summed E-state index contributed by atoms with van der Waals surface area (Å²) in [5, 5.41) is 3.14. The number of alkyl halides is 1. The number of aromatic nitrogens is 1. The second-order valence-corrected chi connectivity index (χ2v) is 6.13. The Bertz CT molecular complexity index is 424. The number of aryl methyl sites for hydroxylation is 1. The van der Waals surface area contributed by atoms with Gasteiger partial charge in [0.05, 0.1) is 22.6 Å². The monoisotopic (exact) mass is 301 g/mol. The van der Waals surface area contributed by atoms with Crippen molar-refractivity contribution >= 4 is 28.8 Å². The van der Waals surface area contributed by atoms with Crippen LogP contribution in [0, 0.1) is 0 Å². The van der Waals surface area contributed by atoms with Crippen LogP contribution in [0.1, 0.15) is 36.4 Å². The normalized spacial score (nSPS) is 20.6. The van der Waals surface area contributed by atoms with Gasteiger partial charge in [0.2, 0.25) is 5.91 Å². The first-order chi connectivity index (χ1) is 9.20. The van der Waals surface area contributed by atoms with Gasteiger partial charge in [-0.05, 0) is 32.4 Å². The molecule has 0 bridgehead atoms. The van der Waals surface area contributed by atoms with Gasteiger partial charge in [0.15, 0.2) is 0 Å². The predicted molar refractivity (Wildman–Crippen MR) is 78.4 cm³/mol. The quantitative estimate of drug-likeness (QED) is 0.819. The third-order valence-electron chi connectivity index (χ3n) is 3.51. The second-order valence-electron chi connectivity index (χ2n) is 4.92. The molecular formula is C13H20ClN3OS. The lowest BCUT2D eigenvalue weighted by Gasteiger charge is -2.33. The van der Waals surface area contributed by atoms with E-state index in [2.05, 4.69) is 9.88 Å². The van der Waals surface area contributed by atoms with E-state index in [1.807, 2.05) is 5.38 Å². The number of primary amides is 1. The fourth-order valence-electron chi connectivity index (χ4n) is 2.54. The molecule has 1 aliphatic heterocycles. The largest absolute Gasteiger partial charge is 0.368 e. The van der Waals surface area contributed by atoms with Gasteiger partial charge >= 0.3 is 0 Å². The predicted octanol–water partition coefficient (Wildman–Crippen LogP) is 2.15. The molecule has 1 aromatic rings. The number of piperidine rings is 1. The number of hydrogen-bond acceptors (Lipinski definition) is 4. The topological polar surface area (TPSA) is 59.2 Å². The van der Waals surface area contributed by atoms with Crippen molar-refractivity contribution in [3.63, 3.8) is 0 Å². The molecule has 0 aromatic carbocycles. The lowest BCUT2D eigenvalue weighted by Crippen LogP contribution is -2.48. The van der Waals surface area contributed by atoms with Crippen molar-refractivity contribution in [1.29, 1.82) is 0 Å². The molecule has 1 unspecified atom stereocenters. The van der Waals surface area contributed by atoms with Crippen LogP contribution in [0.4, 0.5) is 0 Å². The van der Waals surface area contributed by atoms with Crippen LogP contribution >= 0.6 is 22.9 Å². The average Bonchev–Trinajstić information content (AvgIpc) is 2.87. The number of thiazole rings is 1. The van der Waals surface area contributed by atoms with E-state index in [4.69, 9.17) is 17.3 Å². The summed E-state index contributed by atoms with van der Waals surface area (Å²) in [6.45, 7) is 1.90. The number of rotatable bonds is 6. The first-order valence-electron chi connectivity index (χ1n) is 6.73. The maximum Gasteiger partial charge on any atom is 0.234 e. The van der Waals surface area contributed by atoms with Crippen molar-refractivity contribution in [2.24, 2.45) is 5.73 Å². The number of nitrogens with zero attached hydrogens (tertiary/aromatic N) is 2. The van der Waals surface area contributed by atoms with Crippen LogP contribution in [0.3, 0.4) is 0 Å². The summed E-state index contributed by atoms with van der Waals surface area (Å²) in [5.74, 6) is 0.296. The maximum absolute atomic E-state index is 11.4. The Labute approximate surface area is 122 Å². The lowest BCUT2D eigenvalue weighted by molar-refractivity contribution is -0.124. The van der Waals surface area contributed by atoms with Crippen molar-refractivity contribution in [1.82, 2.24) is 9.88 Å². The summed E-state index contributed by atoms with van der Waals surface area (Å²) in [6.07, 6.45) is 5.14. The van der Waals surface area contributed by atoms with Gasteiger partial charge < -0.3 is 5.73 Å². The molecule has 1 aliphatic rings. The summed E-state index contributed by atoms with van der Waals surface area (Å²) in [6, 6.07) is -0.0663. The number of amides is 1. The zero-order chi connectivity index (χ0) is 13.7. The molecule has 1 saturated heterocycles. The van der Waals surface area contributed by atoms with Crippen molar-refractivity contribution in [3.8, 4) is 0 Å². The standard InChI is InChI=1S/C13H20ClN3OS/c14-8-10-9-19-12(16-10)5-3-7-17-6-2-1-4-11(17)13(15)18/h9,11H,1-8H2,(H2,15,18). The Hall–Kier alpha value is -0.650. The van der Waals surface area contributed by atoms with Gasteiger partial charge in [0.1, 0.15) is 0 Å². The van der Waals surface area contributed by atoms with Crippen molar-refractivity contribution in [2.45, 2.75) is 44.0 Å². The molecule has 19 heavy (non-hydrogen) atoms. The molecule has 0 spiro atoms. The number of nitrogens with two attached hydrogens (primary N) is 1. The van der Waals surface area contributed by atoms with E-state index in [-0.39, 0.29) is 11.9 Å². The third kappa shape index (κ3) is 4.16. The van der Waals surface area contributed by atoms with Crippen LogP contribution in [0.25, 0.3) is 0 Å². The highest BCUT2D eigenvalue weighted by molar-refractivity contribution is 7.09. The van der Waals surface area contributed by atoms with Crippen LogP contribution < -0.4 is 5.73 Å². The van der Waals surface area contributed by atoms with E-state index in [9.17, 15) is 4.79 Å². The van der Waals surface area contributed by atoms with Gasteiger partial charge in [0, 0.05) is 11.8 Å². The van der Waals surface area contributed by atoms with Gasteiger partial charge in [-0.3, -0.25) is 9.69 Å². The summed E-state index contributed by atoms with van der Waals surface area (Å²) in [5.41, 5.74) is 6.41. The molecule has 2 heterocycles. The second kappa shape index (κ2) is 7.22. The van der Waals surface area contributed by atoms with E-state index in [0.29, 0.717) is 5.88 Å². The summed E-state index contributed by atoms with van der Waals surface area (Å²) >= 11 is 7.40. The molecular weight excluding hydrogens is 282 g/mol. The Balaban J connectivity index is 1.79. The molecule has 0 radical (unpaired) electrons. The Kier molecular flexibility index (Phi) is 5.60. The van der Waals surface area contributed by atoms with Gasteiger partial charge in [0.25, 0.3) is 0 Å². The van der Waals surface area contributed by atoms with Crippen LogP contribution in [-0.2, 0) is 17.1 Å². The van der Waals surface area contributed by atoms with Gasteiger partial charge in [-0.25, -0.2) is 4.98 Å². The third-order valence-corrected chi connectivity index (χ3v) is 4.75. The van der Waals surface area contributed by atoms with Crippen molar-refractivity contribution in [2.75, 3.05) is 13.1 Å². The van der Waals surface area contributed by atoms with E-state index in [1.165, 1.54) is 0 Å². The number of likely N-dealkylation sites (tertiary alicyclic amines) is 1. The minimum Gasteiger partial charge on any atom is -0.368 e. The van der Waals surface area contributed by atoms with E-state index in [1.54, 1.807) is 11.3 Å². The van der Waals surface area contributed by atoms with Crippen molar-refractivity contribution < 1.29 is 4.79 Å². The smallest absolute Gasteiger partial charge is 0.234 e. The van der Waals surface area contributed by atoms with Gasteiger partial charge in [-0.15, -0.1) is 22.9 Å². The minimum atomic E-state index is -0.182. The number of carbonyl (C=O) groups excluding carboxylic acids is 1. The summed E-state index contributed by atoms with van der Waals surface area (Å²) in [4.78, 5) is 18.1. The Morgan fingerprint density at radius 2 is 2.42 bits per heavy atom. The maximum atomic E-state index is 11.4. The van der Waals surface area contributed by atoms with Gasteiger partial charge in [-0.1, -0.05) is 6.42 Å². The highest BCUT2D eigenvalue weighted by Gasteiger charge is 2.26. The molecule has 2 rings (SSSR count). The SMILES string of the molecule is NC(=O)C1CCCCN1CCCc1nc(CCl)cs1. The van der Waals surface area contributed by atoms with Crippen LogP contribution in [-0.4, -0.2) is 34.9 Å². The fraction of sp³-hybridized carbons (Fsp3) is 0.692. The zero-order valence-electron chi connectivity index (χ0n) is 11.0. The van der Waals surface area contributed by atoms with Crippen LogP contribution in [0.2, 0.25) is 0 Å². The Morgan fingerprint density at radius 3 is 3.11 bits per heavy atom. The number of halogens is 1. The van der Waals surface area contributed by atoms with Crippen molar-refractivity contribution in [3.05, 3.63) is 16.1 Å². The van der Waals surface area contributed by atoms with E-state index >= 15 is 0 Å². The molecule has 0 saturated carbocycles. The summed E-state index contributed by atoms with van der Waals surface area (Å²) < 4.78 is 0. The molecule has 0 aliphatic carbocycles. The van der Waals surface area contributed by atoms with Gasteiger partial charge in [-0.2, -0.15) is 0 Å². The average molecular weight is 302 g/mol. The molecule has 1 fully saturated rings. The first-order valence-corrected chi connectivity index (χ1v) is 8.14. The number of hydrogen-bond donors (Lipinski definition) is 1. The molecule has 1 amide bonds. The van der Waals surface area contributed by atoms with Crippen LogP contribution in [0.5, 0.6) is 0 Å².